The average Bonchev–Trinajstić information content (AvgIpc) is 3.16. The summed E-state index contributed by atoms with van der Waals surface area (Å²) in [6.45, 7) is 7.67. The molecule has 3 fully saturated rings. The van der Waals surface area contributed by atoms with Crippen molar-refractivity contribution < 1.29 is 19.4 Å². The van der Waals surface area contributed by atoms with E-state index in [1.54, 1.807) is 16.2 Å². The Morgan fingerprint density at radius 1 is 1.22 bits per heavy atom. The lowest BCUT2D eigenvalue weighted by atomic mass is 9.73. The number of carbonyl (C=O) groups excluding carboxylic acids is 2. The van der Waals surface area contributed by atoms with Crippen molar-refractivity contribution in [3.05, 3.63) is 21.3 Å². The van der Waals surface area contributed by atoms with Crippen molar-refractivity contribution in [3.63, 3.8) is 0 Å². The predicted molar refractivity (Wildman–Crippen MR) is 105 cm³/mol. The molecule has 0 radical (unpaired) electrons. The van der Waals surface area contributed by atoms with E-state index in [1.165, 1.54) is 14.7 Å². The molecule has 3 aliphatic rings. The first-order valence-electron chi connectivity index (χ1n) is 10.0. The molecule has 0 unspecified atom stereocenters. The second-order valence-corrected chi connectivity index (χ2v) is 10.1. The van der Waals surface area contributed by atoms with Crippen LogP contribution in [0.3, 0.4) is 0 Å². The average molecular weight is 413 g/mol. The quantitative estimate of drug-likeness (QED) is 0.616. The lowest BCUT2D eigenvalue weighted by Gasteiger charge is -2.37. The third kappa shape index (κ3) is 3.75. The number of thiophene rings is 1. The van der Waals surface area contributed by atoms with E-state index in [0.717, 1.165) is 62.7 Å². The van der Waals surface area contributed by atoms with Crippen molar-refractivity contribution in [1.82, 2.24) is 10.2 Å². The molecule has 148 valence electrons. The fourth-order valence-electron chi connectivity index (χ4n) is 4.85. The first-order valence-corrected chi connectivity index (χ1v) is 11.2. The number of halogens is 1. The number of carbonyl (C=O) groups is 2. The van der Waals surface area contributed by atoms with Crippen molar-refractivity contribution in [2.75, 3.05) is 32.8 Å². The van der Waals surface area contributed by atoms with Crippen molar-refractivity contribution >= 4 is 34.9 Å². The van der Waals surface area contributed by atoms with Crippen LogP contribution in [0.15, 0.2) is 12.1 Å². The van der Waals surface area contributed by atoms with E-state index in [2.05, 4.69) is 18.3 Å². The van der Waals surface area contributed by atoms with Crippen molar-refractivity contribution in [2.24, 2.45) is 5.92 Å². The van der Waals surface area contributed by atoms with Gasteiger partial charge in [0.15, 0.2) is 6.67 Å². The number of imide groups is 1. The number of rotatable bonds is 4. The van der Waals surface area contributed by atoms with Crippen LogP contribution in [-0.4, -0.2) is 55.2 Å². The summed E-state index contributed by atoms with van der Waals surface area (Å²) in [4.78, 5) is 31.3. The van der Waals surface area contributed by atoms with E-state index in [-0.39, 0.29) is 17.9 Å². The summed E-state index contributed by atoms with van der Waals surface area (Å²) in [5, 5.41) is 3.06. The molecule has 4 rings (SSSR count). The van der Waals surface area contributed by atoms with Crippen LogP contribution in [0, 0.1) is 5.92 Å². The molecule has 2 atom stereocenters. The number of quaternary nitrogens is 2. The third-order valence-electron chi connectivity index (χ3n) is 6.60. The van der Waals surface area contributed by atoms with Gasteiger partial charge in [-0.25, -0.2) is 9.69 Å². The SMILES string of the molecule is C[C@@H]1CCCC[C@@]12NC(=O)N(C[NH+]1CC[NH+](Cc3ccc(Cl)s3)CC1)C2=O. The van der Waals surface area contributed by atoms with Crippen molar-refractivity contribution in [1.29, 1.82) is 0 Å². The van der Waals surface area contributed by atoms with Crippen molar-refractivity contribution in [3.8, 4) is 0 Å². The minimum absolute atomic E-state index is 0.00945. The van der Waals surface area contributed by atoms with Gasteiger partial charge in [-0.05, 0) is 30.9 Å². The van der Waals surface area contributed by atoms with E-state index < -0.39 is 5.54 Å². The molecule has 1 aromatic rings. The van der Waals surface area contributed by atoms with E-state index in [1.807, 2.05) is 6.07 Å². The molecule has 3 amide bonds. The number of urea groups is 1. The molecular formula is C19H29ClN4O2S+2. The number of nitrogens with zero attached hydrogens (tertiary/aromatic N) is 1. The fourth-order valence-corrected chi connectivity index (χ4v) is 6.01. The maximum atomic E-state index is 13.1. The van der Waals surface area contributed by atoms with E-state index >= 15 is 0 Å². The van der Waals surface area contributed by atoms with Crippen molar-refractivity contribution in [2.45, 2.75) is 44.7 Å². The van der Waals surface area contributed by atoms with Gasteiger partial charge < -0.3 is 15.1 Å². The zero-order valence-corrected chi connectivity index (χ0v) is 17.4. The smallest absolute Gasteiger partial charge is 0.323 e. The molecule has 6 nitrogen and oxygen atoms in total. The molecule has 0 aromatic carbocycles. The highest BCUT2D eigenvalue weighted by molar-refractivity contribution is 7.16. The first kappa shape index (κ1) is 19.2. The standard InChI is InChI=1S/C19H27ClN4O2S/c1-14-4-2-3-7-19(14)17(25)24(18(26)21-19)13-23-10-8-22(9-11-23)12-15-5-6-16(20)27-15/h5-6,14H,2-4,7-13H2,1H3,(H,21,26)/p+2/t14-,19-/m1/s1. The molecule has 3 N–H and O–H groups in total. The number of hydrogen-bond acceptors (Lipinski definition) is 3. The minimum Gasteiger partial charge on any atom is -0.323 e. The Balaban J connectivity index is 1.32. The molecule has 8 heteroatoms. The topological polar surface area (TPSA) is 58.3 Å². The largest absolute Gasteiger partial charge is 0.329 e. The normalized spacial score (nSPS) is 34.3. The molecule has 0 bridgehead atoms. The fraction of sp³-hybridized carbons (Fsp3) is 0.684. The van der Waals surface area contributed by atoms with Gasteiger partial charge in [0.25, 0.3) is 5.91 Å². The van der Waals surface area contributed by atoms with Gasteiger partial charge >= 0.3 is 6.03 Å². The van der Waals surface area contributed by atoms with Crippen LogP contribution in [0.25, 0.3) is 0 Å². The van der Waals surface area contributed by atoms with Gasteiger partial charge in [0, 0.05) is 0 Å². The molecule has 1 aliphatic carbocycles. The van der Waals surface area contributed by atoms with Crippen LogP contribution >= 0.6 is 22.9 Å². The van der Waals surface area contributed by atoms with E-state index in [9.17, 15) is 9.59 Å². The Morgan fingerprint density at radius 3 is 2.63 bits per heavy atom. The Bertz CT molecular complexity index is 718. The first-order chi connectivity index (χ1) is 13.0. The number of piperazine rings is 1. The van der Waals surface area contributed by atoms with Gasteiger partial charge in [-0.3, -0.25) is 4.79 Å². The van der Waals surface area contributed by atoms with Gasteiger partial charge in [-0.2, -0.15) is 0 Å². The monoisotopic (exact) mass is 412 g/mol. The lowest BCUT2D eigenvalue weighted by molar-refractivity contribution is -1.02. The molecule has 3 heterocycles. The molecule has 1 spiro atoms. The second kappa shape index (κ2) is 7.70. The zero-order chi connectivity index (χ0) is 19.0. The molecule has 27 heavy (non-hydrogen) atoms. The summed E-state index contributed by atoms with van der Waals surface area (Å²) < 4.78 is 0.845. The third-order valence-corrected chi connectivity index (χ3v) is 7.83. The van der Waals surface area contributed by atoms with Crippen LogP contribution < -0.4 is 15.1 Å². The maximum Gasteiger partial charge on any atom is 0.329 e. The predicted octanol–water partition coefficient (Wildman–Crippen LogP) is 0.143. The number of hydrogen-bond donors (Lipinski definition) is 3. The number of nitrogens with one attached hydrogen (secondary N) is 3. The summed E-state index contributed by atoms with van der Waals surface area (Å²) in [5.74, 6) is 0.233. The zero-order valence-electron chi connectivity index (χ0n) is 15.9. The van der Waals surface area contributed by atoms with Crippen LogP contribution in [0.4, 0.5) is 4.79 Å². The Hall–Kier alpha value is -1.15. The summed E-state index contributed by atoms with van der Waals surface area (Å²) in [6, 6.07) is 3.88. The van der Waals surface area contributed by atoms with Gasteiger partial charge in [0.05, 0.1) is 9.21 Å². The molecule has 1 saturated carbocycles. The summed E-state index contributed by atoms with van der Waals surface area (Å²) in [5.41, 5.74) is -0.639. The highest BCUT2D eigenvalue weighted by Crippen LogP contribution is 2.37. The molecular weight excluding hydrogens is 384 g/mol. The highest BCUT2D eigenvalue weighted by atomic mass is 35.5. The van der Waals surface area contributed by atoms with Crippen LogP contribution in [-0.2, 0) is 11.3 Å². The number of amides is 3. The van der Waals surface area contributed by atoms with Crippen LogP contribution in [0.1, 0.15) is 37.5 Å². The summed E-state index contributed by atoms with van der Waals surface area (Å²) in [7, 11) is 0. The van der Waals surface area contributed by atoms with Gasteiger partial charge in [-0.1, -0.05) is 31.4 Å². The van der Waals surface area contributed by atoms with E-state index in [0.29, 0.717) is 6.67 Å². The van der Waals surface area contributed by atoms with Gasteiger partial charge in [-0.15, -0.1) is 11.3 Å². The second-order valence-electron chi connectivity index (χ2n) is 8.32. The molecule has 2 aliphatic heterocycles. The Kier molecular flexibility index (Phi) is 5.47. The Morgan fingerprint density at radius 2 is 1.96 bits per heavy atom. The minimum atomic E-state index is -0.639. The Labute approximate surface area is 169 Å². The lowest BCUT2D eigenvalue weighted by Crippen LogP contribution is -3.28. The highest BCUT2D eigenvalue weighted by Gasteiger charge is 2.55. The van der Waals surface area contributed by atoms with E-state index in [4.69, 9.17) is 11.6 Å². The summed E-state index contributed by atoms with van der Waals surface area (Å²) >= 11 is 7.68. The van der Waals surface area contributed by atoms with Crippen LogP contribution in [0.5, 0.6) is 0 Å². The van der Waals surface area contributed by atoms with Crippen LogP contribution in [0.2, 0.25) is 4.34 Å². The summed E-state index contributed by atoms with van der Waals surface area (Å²) in [6.07, 6.45) is 3.97. The van der Waals surface area contributed by atoms with Gasteiger partial charge in [0.1, 0.15) is 38.3 Å². The maximum absolute atomic E-state index is 13.1. The molecule has 2 saturated heterocycles. The van der Waals surface area contributed by atoms with Gasteiger partial charge in [0.2, 0.25) is 0 Å². The molecule has 1 aromatic heterocycles.